The van der Waals surface area contributed by atoms with Crippen molar-refractivity contribution >= 4 is 28.4 Å². The molecule has 0 aliphatic rings. The summed E-state index contributed by atoms with van der Waals surface area (Å²) < 4.78 is 1.49. The van der Waals surface area contributed by atoms with Crippen molar-refractivity contribution in [2.45, 2.75) is 6.54 Å². The molecule has 8 nitrogen and oxygen atoms in total. The van der Waals surface area contributed by atoms with Crippen molar-refractivity contribution < 1.29 is 9.59 Å². The predicted octanol–water partition coefficient (Wildman–Crippen LogP) is 2.40. The minimum Gasteiger partial charge on any atom is -0.355 e. The Bertz CT molecular complexity index is 1340. The Morgan fingerprint density at radius 3 is 2.24 bits per heavy atom. The Morgan fingerprint density at radius 2 is 1.52 bits per heavy atom. The summed E-state index contributed by atoms with van der Waals surface area (Å²) in [6.07, 6.45) is 0. The van der Waals surface area contributed by atoms with Crippen LogP contribution in [0.2, 0.25) is 0 Å². The van der Waals surface area contributed by atoms with Gasteiger partial charge in [0, 0.05) is 18.3 Å². The first-order valence-electron chi connectivity index (χ1n) is 10.4. The normalized spacial score (nSPS) is 10.6. The molecule has 0 unspecified atom stereocenters. The highest BCUT2D eigenvalue weighted by molar-refractivity contribution is 5.95. The van der Waals surface area contributed by atoms with Gasteiger partial charge in [-0.1, -0.05) is 48.5 Å². The van der Waals surface area contributed by atoms with E-state index in [1.807, 2.05) is 36.4 Å². The molecule has 4 aromatic rings. The molecule has 2 amide bonds. The van der Waals surface area contributed by atoms with Crippen molar-refractivity contribution in [1.82, 2.24) is 20.4 Å². The van der Waals surface area contributed by atoms with Crippen LogP contribution < -0.4 is 21.3 Å². The third-order valence-corrected chi connectivity index (χ3v) is 5.22. The fourth-order valence-electron chi connectivity index (χ4n) is 3.45. The van der Waals surface area contributed by atoms with Crippen molar-refractivity contribution in [2.75, 3.05) is 11.4 Å². The summed E-state index contributed by atoms with van der Waals surface area (Å²) in [6, 6.07) is 25.1. The topological polar surface area (TPSA) is 96.3 Å². The van der Waals surface area contributed by atoms with E-state index < -0.39 is 11.8 Å². The molecule has 0 aliphatic heterocycles. The maximum Gasteiger partial charge on any atom is 0.269 e. The minimum atomic E-state index is -0.409. The molecule has 166 valence electrons. The molecule has 8 heteroatoms. The van der Waals surface area contributed by atoms with E-state index >= 15 is 0 Å². The number of nitrogens with one attached hydrogen (secondary N) is 2. The number of fused-ring (bicyclic) bond motifs is 1. The summed E-state index contributed by atoms with van der Waals surface area (Å²) in [7, 11) is 1.67. The van der Waals surface area contributed by atoms with Gasteiger partial charge in [0.25, 0.3) is 17.4 Å². The average Bonchev–Trinajstić information content (AvgIpc) is 2.86. The average molecular weight is 441 g/mol. The summed E-state index contributed by atoms with van der Waals surface area (Å²) in [4.78, 5) is 44.1. The number of nitrogens with zero attached hydrogens (tertiary/aromatic N) is 3. The molecule has 0 bridgehead atoms. The van der Waals surface area contributed by atoms with Gasteiger partial charge >= 0.3 is 0 Å². The Balaban J connectivity index is 1.54. The number of carbonyl (C=O) groups excluding carboxylic acids is 2. The molecule has 33 heavy (non-hydrogen) atoms. The van der Waals surface area contributed by atoms with Crippen molar-refractivity contribution in [3.63, 3.8) is 0 Å². The maximum absolute atomic E-state index is 12.8. The molecule has 1 aromatic heterocycles. The predicted molar refractivity (Wildman–Crippen MR) is 127 cm³/mol. The molecule has 0 spiro atoms. The van der Waals surface area contributed by atoms with Crippen LogP contribution in [0, 0.1) is 0 Å². The minimum absolute atomic E-state index is 0.0538. The van der Waals surface area contributed by atoms with E-state index in [-0.39, 0.29) is 18.6 Å². The second kappa shape index (κ2) is 9.78. The number of carbonyl (C=O) groups is 2. The highest BCUT2D eigenvalue weighted by Crippen LogP contribution is 2.16. The molecule has 0 radical (unpaired) electrons. The molecular weight excluding hydrogens is 418 g/mol. The van der Waals surface area contributed by atoms with E-state index in [1.54, 1.807) is 60.5 Å². The van der Waals surface area contributed by atoms with E-state index in [4.69, 9.17) is 0 Å². The number of hydrazine groups is 1. The van der Waals surface area contributed by atoms with Crippen LogP contribution in [0.5, 0.6) is 0 Å². The van der Waals surface area contributed by atoms with Crippen LogP contribution in [0.15, 0.2) is 89.7 Å². The fraction of sp³-hybridized carbons (Fsp3) is 0.120. The third-order valence-electron chi connectivity index (χ3n) is 5.22. The van der Waals surface area contributed by atoms with Crippen LogP contribution in [0.4, 0.5) is 5.69 Å². The van der Waals surface area contributed by atoms with Gasteiger partial charge in [-0.25, -0.2) is 4.98 Å². The van der Waals surface area contributed by atoms with E-state index in [0.29, 0.717) is 22.3 Å². The van der Waals surface area contributed by atoms with Crippen molar-refractivity contribution in [3.8, 4) is 0 Å². The van der Waals surface area contributed by atoms with Gasteiger partial charge in [0.05, 0.1) is 24.0 Å². The number of amides is 2. The quantitative estimate of drug-likeness (QED) is 0.448. The van der Waals surface area contributed by atoms with Crippen molar-refractivity contribution in [2.24, 2.45) is 7.05 Å². The molecule has 0 saturated heterocycles. The van der Waals surface area contributed by atoms with Crippen molar-refractivity contribution in [1.29, 1.82) is 0 Å². The molecule has 0 saturated carbocycles. The number of rotatable bonds is 6. The van der Waals surface area contributed by atoms with Gasteiger partial charge in [0.15, 0.2) is 0 Å². The summed E-state index contributed by atoms with van der Waals surface area (Å²) in [5.41, 5.74) is 6.55. The monoisotopic (exact) mass is 441 g/mol. The largest absolute Gasteiger partial charge is 0.355 e. The van der Waals surface area contributed by atoms with Crippen LogP contribution >= 0.6 is 0 Å². The second-order valence-corrected chi connectivity index (χ2v) is 7.47. The van der Waals surface area contributed by atoms with E-state index in [2.05, 4.69) is 15.8 Å². The second-order valence-electron chi connectivity index (χ2n) is 7.47. The molecule has 0 aliphatic carbocycles. The van der Waals surface area contributed by atoms with Gasteiger partial charge in [-0.05, 0) is 36.4 Å². The lowest BCUT2D eigenvalue weighted by atomic mass is 10.2. The van der Waals surface area contributed by atoms with Crippen LogP contribution in [0.1, 0.15) is 16.2 Å². The van der Waals surface area contributed by atoms with Gasteiger partial charge in [-0.15, -0.1) is 0 Å². The van der Waals surface area contributed by atoms with E-state index in [1.165, 1.54) is 4.57 Å². The summed E-state index contributed by atoms with van der Waals surface area (Å²) in [5.74, 6) is -0.300. The number of para-hydroxylation sites is 2. The van der Waals surface area contributed by atoms with Crippen LogP contribution in [-0.4, -0.2) is 27.9 Å². The zero-order chi connectivity index (χ0) is 23.2. The lowest BCUT2D eigenvalue weighted by Crippen LogP contribution is -2.46. The molecule has 0 fully saturated rings. The van der Waals surface area contributed by atoms with Crippen LogP contribution in [0.3, 0.4) is 0 Å². The number of aromatic nitrogens is 2. The number of benzene rings is 3. The zero-order valence-electron chi connectivity index (χ0n) is 18.1. The maximum atomic E-state index is 12.8. The molecular formula is C25H23N5O3. The highest BCUT2D eigenvalue weighted by Gasteiger charge is 2.17. The van der Waals surface area contributed by atoms with Gasteiger partial charge < -0.3 is 4.90 Å². The SMILES string of the molecule is Cn1c(CN(CC(=O)NNC(=O)c2ccccc2)c2ccccc2)nc2ccccc2c1=O. The van der Waals surface area contributed by atoms with E-state index in [0.717, 1.165) is 5.69 Å². The summed E-state index contributed by atoms with van der Waals surface area (Å²) in [6.45, 7) is 0.169. The molecule has 1 heterocycles. The molecule has 3 aromatic carbocycles. The number of anilines is 1. The Kier molecular flexibility index (Phi) is 6.45. The summed E-state index contributed by atoms with van der Waals surface area (Å²) in [5, 5.41) is 0.538. The van der Waals surface area contributed by atoms with E-state index in [9.17, 15) is 14.4 Å². The van der Waals surface area contributed by atoms with Gasteiger partial charge in [0.1, 0.15) is 5.82 Å². The third kappa shape index (κ3) is 5.07. The van der Waals surface area contributed by atoms with Gasteiger partial charge in [-0.2, -0.15) is 0 Å². The van der Waals surface area contributed by atoms with Crippen molar-refractivity contribution in [3.05, 3.63) is 107 Å². The Labute approximate surface area is 190 Å². The number of hydrogen-bond donors (Lipinski definition) is 2. The first-order valence-corrected chi connectivity index (χ1v) is 10.4. The number of hydrogen-bond acceptors (Lipinski definition) is 5. The molecule has 4 rings (SSSR count). The smallest absolute Gasteiger partial charge is 0.269 e. The first-order chi connectivity index (χ1) is 16.0. The Morgan fingerprint density at radius 1 is 0.879 bits per heavy atom. The fourth-order valence-corrected chi connectivity index (χ4v) is 3.45. The lowest BCUT2D eigenvalue weighted by Gasteiger charge is -2.25. The molecule has 2 N–H and O–H groups in total. The Hall–Kier alpha value is -4.46. The van der Waals surface area contributed by atoms with Crippen LogP contribution in [-0.2, 0) is 18.4 Å². The summed E-state index contributed by atoms with van der Waals surface area (Å²) >= 11 is 0. The molecule has 0 atom stereocenters. The zero-order valence-corrected chi connectivity index (χ0v) is 18.1. The standard InChI is InChI=1S/C25H23N5O3/c1-29-22(26-21-15-9-8-14-20(21)25(29)33)16-30(19-12-6-3-7-13-19)17-23(31)27-28-24(32)18-10-4-2-5-11-18/h2-15H,16-17H2,1H3,(H,27,31)(H,28,32). The first kappa shape index (κ1) is 21.8. The lowest BCUT2D eigenvalue weighted by molar-refractivity contribution is -0.120. The van der Waals surface area contributed by atoms with Crippen LogP contribution in [0.25, 0.3) is 10.9 Å². The van der Waals surface area contributed by atoms with Gasteiger partial charge in [-0.3, -0.25) is 29.8 Å². The highest BCUT2D eigenvalue weighted by atomic mass is 16.2. The van der Waals surface area contributed by atoms with Gasteiger partial charge in [0.2, 0.25) is 0 Å².